The average molecular weight is 301 g/mol. The van der Waals surface area contributed by atoms with Gasteiger partial charge in [0.15, 0.2) is 0 Å². The van der Waals surface area contributed by atoms with Gasteiger partial charge in [0.05, 0.1) is 5.69 Å². The first-order valence-corrected chi connectivity index (χ1v) is 8.91. The second-order valence-electron chi connectivity index (χ2n) is 6.32. The highest BCUT2D eigenvalue weighted by atomic mass is 32.2. The number of pyridine rings is 1. The molecule has 4 heteroatoms. The van der Waals surface area contributed by atoms with E-state index < -0.39 is 16.4 Å². The minimum Gasteiger partial charge on any atom is -0.383 e. The SMILES string of the molecule is O=S1C2CCCC1CC(O)(c1nccc3ccccc13)C2. The van der Waals surface area contributed by atoms with E-state index in [1.807, 2.05) is 30.3 Å². The molecule has 2 aliphatic rings. The highest BCUT2D eigenvalue weighted by Crippen LogP contribution is 2.45. The summed E-state index contributed by atoms with van der Waals surface area (Å²) in [5, 5.41) is 13.6. The van der Waals surface area contributed by atoms with Crippen molar-refractivity contribution in [2.45, 2.75) is 48.2 Å². The van der Waals surface area contributed by atoms with Gasteiger partial charge in [0.2, 0.25) is 0 Å². The average Bonchev–Trinajstić information content (AvgIpc) is 2.48. The maximum absolute atomic E-state index is 12.4. The first-order chi connectivity index (χ1) is 10.2. The molecule has 21 heavy (non-hydrogen) atoms. The van der Waals surface area contributed by atoms with Gasteiger partial charge in [0, 0.05) is 32.9 Å². The highest BCUT2D eigenvalue weighted by molar-refractivity contribution is 7.86. The van der Waals surface area contributed by atoms with Crippen LogP contribution in [0.15, 0.2) is 36.5 Å². The van der Waals surface area contributed by atoms with Crippen LogP contribution in [0.3, 0.4) is 0 Å². The largest absolute Gasteiger partial charge is 0.383 e. The topological polar surface area (TPSA) is 50.2 Å². The zero-order valence-corrected chi connectivity index (χ0v) is 12.7. The van der Waals surface area contributed by atoms with E-state index in [1.165, 1.54) is 0 Å². The van der Waals surface area contributed by atoms with E-state index in [-0.39, 0.29) is 10.5 Å². The number of fused-ring (bicyclic) bond motifs is 3. The van der Waals surface area contributed by atoms with Crippen molar-refractivity contribution in [2.24, 2.45) is 0 Å². The number of aliphatic hydroxyl groups is 1. The summed E-state index contributed by atoms with van der Waals surface area (Å²) >= 11 is 0. The Hall–Kier alpha value is -1.26. The van der Waals surface area contributed by atoms with E-state index in [4.69, 9.17) is 0 Å². The van der Waals surface area contributed by atoms with Crippen molar-refractivity contribution in [1.82, 2.24) is 4.98 Å². The molecule has 110 valence electrons. The van der Waals surface area contributed by atoms with Crippen LogP contribution >= 0.6 is 0 Å². The highest BCUT2D eigenvalue weighted by Gasteiger charge is 2.47. The molecule has 0 radical (unpaired) electrons. The molecule has 3 nitrogen and oxygen atoms in total. The van der Waals surface area contributed by atoms with Crippen LogP contribution in [0.5, 0.6) is 0 Å². The summed E-state index contributed by atoms with van der Waals surface area (Å²) < 4.78 is 12.4. The molecule has 2 atom stereocenters. The van der Waals surface area contributed by atoms with Gasteiger partial charge in [-0.3, -0.25) is 9.19 Å². The van der Waals surface area contributed by atoms with Crippen LogP contribution in [0.1, 0.15) is 37.8 Å². The lowest BCUT2D eigenvalue weighted by molar-refractivity contribution is 0.00402. The molecule has 3 heterocycles. The van der Waals surface area contributed by atoms with Gasteiger partial charge < -0.3 is 5.11 Å². The predicted octanol–water partition coefficient (Wildman–Crippen LogP) is 2.89. The van der Waals surface area contributed by atoms with Crippen LogP contribution in [0.4, 0.5) is 0 Å². The number of aromatic nitrogens is 1. The zero-order valence-electron chi connectivity index (χ0n) is 11.9. The van der Waals surface area contributed by atoms with Crippen LogP contribution in [-0.2, 0) is 16.4 Å². The first-order valence-electron chi connectivity index (χ1n) is 7.63. The number of hydrogen-bond acceptors (Lipinski definition) is 3. The molecule has 1 aromatic carbocycles. The standard InChI is InChI=1S/C17H19NO2S/c19-17(10-13-5-3-6-14(11-17)21(13)20)16-15-7-2-1-4-12(15)8-9-18-16/h1-2,4,7-9,13-14,19H,3,5-6,10-11H2. The summed E-state index contributed by atoms with van der Waals surface area (Å²) in [5.41, 5.74) is -0.154. The molecule has 2 unspecified atom stereocenters. The normalized spacial score (nSPS) is 35.8. The van der Waals surface area contributed by atoms with Gasteiger partial charge in [0.25, 0.3) is 0 Å². The van der Waals surface area contributed by atoms with Gasteiger partial charge >= 0.3 is 0 Å². The number of hydrogen-bond donors (Lipinski definition) is 1. The molecule has 1 aromatic heterocycles. The van der Waals surface area contributed by atoms with E-state index >= 15 is 0 Å². The second-order valence-corrected chi connectivity index (χ2v) is 8.31. The molecular formula is C17H19NO2S. The van der Waals surface area contributed by atoms with E-state index in [0.29, 0.717) is 12.8 Å². The maximum Gasteiger partial charge on any atom is 0.109 e. The molecule has 0 spiro atoms. The molecule has 4 rings (SSSR count). The van der Waals surface area contributed by atoms with Gasteiger partial charge in [0.1, 0.15) is 5.60 Å². The van der Waals surface area contributed by atoms with Crippen LogP contribution in [0, 0.1) is 0 Å². The molecule has 2 bridgehead atoms. The van der Waals surface area contributed by atoms with Crippen LogP contribution < -0.4 is 0 Å². The van der Waals surface area contributed by atoms with Crippen molar-refractivity contribution in [3.05, 3.63) is 42.2 Å². The lowest BCUT2D eigenvalue weighted by Crippen LogP contribution is -2.47. The molecular weight excluding hydrogens is 282 g/mol. The van der Waals surface area contributed by atoms with Crippen LogP contribution in [0.25, 0.3) is 10.8 Å². The van der Waals surface area contributed by atoms with Gasteiger partial charge in [-0.25, -0.2) is 0 Å². The molecule has 2 saturated heterocycles. The lowest BCUT2D eigenvalue weighted by atomic mass is 9.81. The molecule has 0 saturated carbocycles. The Labute approximate surface area is 126 Å². The molecule has 0 aliphatic carbocycles. The zero-order chi connectivity index (χ0) is 14.4. The third-order valence-electron chi connectivity index (χ3n) is 4.95. The minimum absolute atomic E-state index is 0.128. The van der Waals surface area contributed by atoms with Crippen LogP contribution in [0.2, 0.25) is 0 Å². The lowest BCUT2D eigenvalue weighted by Gasteiger charge is -2.43. The molecule has 0 amide bonds. The summed E-state index contributed by atoms with van der Waals surface area (Å²) in [6.45, 7) is 0. The van der Waals surface area contributed by atoms with E-state index in [0.717, 1.165) is 35.7 Å². The van der Waals surface area contributed by atoms with Crippen molar-refractivity contribution >= 4 is 21.6 Å². The Morgan fingerprint density at radius 1 is 1.14 bits per heavy atom. The fraction of sp³-hybridized carbons (Fsp3) is 0.471. The van der Waals surface area contributed by atoms with E-state index in [2.05, 4.69) is 4.98 Å². The van der Waals surface area contributed by atoms with Crippen LogP contribution in [-0.4, -0.2) is 24.8 Å². The first kappa shape index (κ1) is 13.4. The second kappa shape index (κ2) is 4.89. The number of benzene rings is 1. The Morgan fingerprint density at radius 2 is 1.86 bits per heavy atom. The van der Waals surface area contributed by atoms with Crippen molar-refractivity contribution < 1.29 is 9.32 Å². The van der Waals surface area contributed by atoms with Crippen molar-refractivity contribution in [3.63, 3.8) is 0 Å². The van der Waals surface area contributed by atoms with Crippen molar-refractivity contribution in [1.29, 1.82) is 0 Å². The van der Waals surface area contributed by atoms with E-state index in [1.54, 1.807) is 6.20 Å². The maximum atomic E-state index is 12.4. The summed E-state index contributed by atoms with van der Waals surface area (Å²) in [4.78, 5) is 4.51. The van der Waals surface area contributed by atoms with Gasteiger partial charge in [-0.1, -0.05) is 30.7 Å². The third kappa shape index (κ3) is 2.12. The summed E-state index contributed by atoms with van der Waals surface area (Å²) in [5.74, 6) is 0. The van der Waals surface area contributed by atoms with E-state index in [9.17, 15) is 9.32 Å². The molecule has 1 N–H and O–H groups in total. The number of nitrogens with zero attached hydrogens (tertiary/aromatic N) is 1. The molecule has 2 fully saturated rings. The third-order valence-corrected chi connectivity index (χ3v) is 7.07. The molecule has 2 aliphatic heterocycles. The monoisotopic (exact) mass is 301 g/mol. The number of rotatable bonds is 1. The minimum atomic E-state index is -0.926. The van der Waals surface area contributed by atoms with Crippen molar-refractivity contribution in [2.75, 3.05) is 0 Å². The summed E-state index contributed by atoms with van der Waals surface area (Å²) in [7, 11) is -0.778. The Balaban J connectivity index is 1.82. The van der Waals surface area contributed by atoms with Gasteiger partial charge in [-0.2, -0.15) is 0 Å². The predicted molar refractivity (Wildman–Crippen MR) is 84.4 cm³/mol. The fourth-order valence-electron chi connectivity index (χ4n) is 3.97. The smallest absolute Gasteiger partial charge is 0.109 e. The van der Waals surface area contributed by atoms with Gasteiger partial charge in [-0.05, 0) is 37.1 Å². The fourth-order valence-corrected chi connectivity index (χ4v) is 6.19. The Kier molecular flexibility index (Phi) is 3.12. The molecule has 2 aromatic rings. The Morgan fingerprint density at radius 3 is 2.62 bits per heavy atom. The quantitative estimate of drug-likeness (QED) is 0.881. The van der Waals surface area contributed by atoms with Gasteiger partial charge in [-0.15, -0.1) is 0 Å². The Bertz CT molecular complexity index is 694. The van der Waals surface area contributed by atoms with Crippen molar-refractivity contribution in [3.8, 4) is 0 Å². The summed E-state index contributed by atoms with van der Waals surface area (Å²) in [6, 6.07) is 10.0. The summed E-state index contributed by atoms with van der Waals surface area (Å²) in [6.07, 6.45) is 6.01.